The first kappa shape index (κ1) is 12.6. The lowest BCUT2D eigenvalue weighted by Crippen LogP contribution is -2.27. The van der Waals surface area contributed by atoms with E-state index in [1.54, 1.807) is 13.0 Å². The molecule has 1 aromatic rings. The first-order valence-corrected chi connectivity index (χ1v) is 5.38. The number of nitrogens with zero attached hydrogens (tertiary/aromatic N) is 2. The summed E-state index contributed by atoms with van der Waals surface area (Å²) in [5.41, 5.74) is 1.12. The van der Waals surface area contributed by atoms with E-state index in [1.165, 1.54) is 6.33 Å². The molecule has 16 heavy (non-hydrogen) atoms. The normalized spacial score (nSPS) is 12.2. The standard InChI is InChI=1S/C11H17N3O2/c1-3-9(15)4-5-12-11(16)10-6-8(2)13-7-14-10/h6-7,9,15H,3-5H2,1-2H3,(H,12,16). The van der Waals surface area contributed by atoms with Crippen LogP contribution in [0.1, 0.15) is 35.9 Å². The van der Waals surface area contributed by atoms with Crippen LogP contribution in [0.4, 0.5) is 0 Å². The van der Waals surface area contributed by atoms with E-state index in [4.69, 9.17) is 0 Å². The van der Waals surface area contributed by atoms with Crippen molar-refractivity contribution in [3.63, 3.8) is 0 Å². The maximum atomic E-state index is 11.6. The number of amides is 1. The second-order valence-corrected chi connectivity index (χ2v) is 3.65. The molecule has 0 spiro atoms. The van der Waals surface area contributed by atoms with Crippen LogP contribution in [0.2, 0.25) is 0 Å². The van der Waals surface area contributed by atoms with E-state index in [0.717, 1.165) is 5.69 Å². The second-order valence-electron chi connectivity index (χ2n) is 3.65. The Hall–Kier alpha value is -1.49. The molecule has 0 aliphatic rings. The first-order chi connectivity index (χ1) is 7.63. The number of carbonyl (C=O) groups is 1. The zero-order chi connectivity index (χ0) is 12.0. The van der Waals surface area contributed by atoms with Crippen LogP contribution in [0, 0.1) is 6.92 Å². The highest BCUT2D eigenvalue weighted by atomic mass is 16.3. The number of aliphatic hydroxyl groups excluding tert-OH is 1. The van der Waals surface area contributed by atoms with Gasteiger partial charge >= 0.3 is 0 Å². The Bertz CT molecular complexity index is 355. The molecule has 5 heteroatoms. The lowest BCUT2D eigenvalue weighted by molar-refractivity contribution is 0.0936. The lowest BCUT2D eigenvalue weighted by Gasteiger charge is -2.08. The van der Waals surface area contributed by atoms with Crippen LogP contribution in [0.15, 0.2) is 12.4 Å². The van der Waals surface area contributed by atoms with Crippen molar-refractivity contribution < 1.29 is 9.90 Å². The predicted octanol–water partition coefficient (Wildman–Crippen LogP) is 0.676. The van der Waals surface area contributed by atoms with Crippen molar-refractivity contribution >= 4 is 5.91 Å². The minimum absolute atomic E-state index is 0.228. The number of hydrogen-bond donors (Lipinski definition) is 2. The summed E-state index contributed by atoms with van der Waals surface area (Å²) >= 11 is 0. The van der Waals surface area contributed by atoms with Gasteiger partial charge in [-0.1, -0.05) is 6.92 Å². The van der Waals surface area contributed by atoms with E-state index >= 15 is 0 Å². The maximum absolute atomic E-state index is 11.6. The summed E-state index contributed by atoms with van der Waals surface area (Å²) < 4.78 is 0. The molecule has 0 radical (unpaired) electrons. The molecule has 0 bridgehead atoms. The molecule has 1 unspecified atom stereocenters. The molecule has 2 N–H and O–H groups in total. The molecule has 1 atom stereocenters. The molecule has 1 amide bonds. The third-order valence-corrected chi connectivity index (χ3v) is 2.27. The quantitative estimate of drug-likeness (QED) is 0.769. The Morgan fingerprint density at radius 2 is 2.31 bits per heavy atom. The van der Waals surface area contributed by atoms with Crippen LogP contribution in [0.25, 0.3) is 0 Å². The van der Waals surface area contributed by atoms with E-state index in [0.29, 0.717) is 25.1 Å². The zero-order valence-electron chi connectivity index (χ0n) is 9.60. The van der Waals surface area contributed by atoms with Gasteiger partial charge in [-0.25, -0.2) is 9.97 Å². The van der Waals surface area contributed by atoms with Crippen molar-refractivity contribution in [3.05, 3.63) is 23.8 Å². The summed E-state index contributed by atoms with van der Waals surface area (Å²) in [6.07, 6.45) is 2.27. The molecule has 0 aromatic carbocycles. The third-order valence-electron chi connectivity index (χ3n) is 2.27. The van der Waals surface area contributed by atoms with Crippen molar-refractivity contribution in [2.75, 3.05) is 6.54 Å². The number of aromatic nitrogens is 2. The Balaban J connectivity index is 2.41. The van der Waals surface area contributed by atoms with E-state index in [9.17, 15) is 9.90 Å². The van der Waals surface area contributed by atoms with E-state index in [1.807, 2.05) is 6.92 Å². The Morgan fingerprint density at radius 3 is 2.94 bits per heavy atom. The van der Waals surface area contributed by atoms with E-state index in [-0.39, 0.29) is 12.0 Å². The molecule has 0 aliphatic carbocycles. The van der Waals surface area contributed by atoms with Crippen LogP contribution >= 0.6 is 0 Å². The Kier molecular flexibility index (Phi) is 4.85. The smallest absolute Gasteiger partial charge is 0.270 e. The highest BCUT2D eigenvalue weighted by Gasteiger charge is 2.07. The average Bonchev–Trinajstić information content (AvgIpc) is 2.28. The average molecular weight is 223 g/mol. The second kappa shape index (κ2) is 6.17. The zero-order valence-corrected chi connectivity index (χ0v) is 9.60. The fraction of sp³-hybridized carbons (Fsp3) is 0.545. The number of nitrogens with one attached hydrogen (secondary N) is 1. The summed E-state index contributed by atoms with van der Waals surface area (Å²) in [6.45, 7) is 4.16. The Labute approximate surface area is 94.9 Å². The number of aryl methyl sites for hydroxylation is 1. The number of aliphatic hydroxyl groups is 1. The van der Waals surface area contributed by atoms with Crippen molar-refractivity contribution in [3.8, 4) is 0 Å². The predicted molar refractivity (Wildman–Crippen MR) is 60.0 cm³/mol. The van der Waals surface area contributed by atoms with Gasteiger partial charge in [-0.2, -0.15) is 0 Å². The van der Waals surface area contributed by atoms with Gasteiger partial charge in [0.05, 0.1) is 6.10 Å². The van der Waals surface area contributed by atoms with Gasteiger partial charge in [0, 0.05) is 12.2 Å². The van der Waals surface area contributed by atoms with Gasteiger partial charge in [0.2, 0.25) is 0 Å². The SMILES string of the molecule is CCC(O)CCNC(=O)c1cc(C)ncn1. The molecular weight excluding hydrogens is 206 g/mol. The van der Waals surface area contributed by atoms with Gasteiger partial charge in [-0.3, -0.25) is 4.79 Å². The maximum Gasteiger partial charge on any atom is 0.270 e. The molecule has 1 aromatic heterocycles. The number of hydrogen-bond acceptors (Lipinski definition) is 4. The van der Waals surface area contributed by atoms with Gasteiger partial charge < -0.3 is 10.4 Å². The largest absolute Gasteiger partial charge is 0.393 e. The molecule has 88 valence electrons. The molecule has 0 saturated heterocycles. The van der Waals surface area contributed by atoms with Gasteiger partial charge in [-0.05, 0) is 25.8 Å². The minimum Gasteiger partial charge on any atom is -0.393 e. The third kappa shape index (κ3) is 3.94. The molecule has 1 rings (SSSR count). The van der Waals surface area contributed by atoms with Crippen LogP contribution < -0.4 is 5.32 Å². The summed E-state index contributed by atoms with van der Waals surface area (Å²) in [4.78, 5) is 19.4. The minimum atomic E-state index is -0.354. The molecular formula is C11H17N3O2. The first-order valence-electron chi connectivity index (χ1n) is 5.38. The van der Waals surface area contributed by atoms with Crippen LogP contribution in [0.3, 0.4) is 0 Å². The van der Waals surface area contributed by atoms with E-state index in [2.05, 4.69) is 15.3 Å². The summed E-state index contributed by atoms with van der Waals surface area (Å²) in [7, 11) is 0. The highest BCUT2D eigenvalue weighted by Crippen LogP contribution is 1.98. The van der Waals surface area contributed by atoms with Gasteiger partial charge in [0.15, 0.2) is 0 Å². The van der Waals surface area contributed by atoms with Gasteiger partial charge in [0.25, 0.3) is 5.91 Å². The Morgan fingerprint density at radius 1 is 1.56 bits per heavy atom. The van der Waals surface area contributed by atoms with Crippen LogP contribution in [-0.2, 0) is 0 Å². The summed E-state index contributed by atoms with van der Waals surface area (Å²) in [5.74, 6) is -0.228. The fourth-order valence-electron chi connectivity index (χ4n) is 1.23. The van der Waals surface area contributed by atoms with Crippen molar-refractivity contribution in [1.82, 2.24) is 15.3 Å². The summed E-state index contributed by atoms with van der Waals surface area (Å²) in [6, 6.07) is 1.63. The van der Waals surface area contributed by atoms with Crippen molar-refractivity contribution in [1.29, 1.82) is 0 Å². The van der Waals surface area contributed by atoms with Crippen molar-refractivity contribution in [2.24, 2.45) is 0 Å². The van der Waals surface area contributed by atoms with Crippen molar-refractivity contribution in [2.45, 2.75) is 32.8 Å². The van der Waals surface area contributed by atoms with Crippen LogP contribution in [0.5, 0.6) is 0 Å². The van der Waals surface area contributed by atoms with E-state index < -0.39 is 0 Å². The topological polar surface area (TPSA) is 75.1 Å². The molecule has 0 fully saturated rings. The fourth-order valence-corrected chi connectivity index (χ4v) is 1.23. The highest BCUT2D eigenvalue weighted by molar-refractivity contribution is 5.92. The number of rotatable bonds is 5. The number of carbonyl (C=O) groups excluding carboxylic acids is 1. The molecule has 0 saturated carbocycles. The monoisotopic (exact) mass is 223 g/mol. The summed E-state index contributed by atoms with van der Waals surface area (Å²) in [5, 5.41) is 12.0. The molecule has 5 nitrogen and oxygen atoms in total. The van der Waals surface area contributed by atoms with Gasteiger partial charge in [-0.15, -0.1) is 0 Å². The molecule has 1 heterocycles. The lowest BCUT2D eigenvalue weighted by atomic mass is 10.2. The molecule has 0 aliphatic heterocycles. The van der Waals surface area contributed by atoms with Crippen LogP contribution in [-0.4, -0.2) is 33.6 Å². The van der Waals surface area contributed by atoms with Gasteiger partial charge in [0.1, 0.15) is 12.0 Å².